The van der Waals surface area contributed by atoms with E-state index >= 15 is 0 Å². The summed E-state index contributed by atoms with van der Waals surface area (Å²) in [6, 6.07) is 5.94. The van der Waals surface area contributed by atoms with Gasteiger partial charge in [-0.1, -0.05) is 43.7 Å². The number of hydrogen-bond acceptors (Lipinski definition) is 8. The zero-order valence-corrected chi connectivity index (χ0v) is 18.5. The summed E-state index contributed by atoms with van der Waals surface area (Å²) in [5, 5.41) is 11.5. The van der Waals surface area contributed by atoms with E-state index in [0.717, 1.165) is 5.56 Å². The van der Waals surface area contributed by atoms with Crippen LogP contribution in [0.15, 0.2) is 30.3 Å². The van der Waals surface area contributed by atoms with Crippen LogP contribution in [0.3, 0.4) is 0 Å². The maximum absolute atomic E-state index is 13.0. The highest BCUT2D eigenvalue weighted by Gasteiger charge is 2.45. The monoisotopic (exact) mass is 458 g/mol. The number of nitrogens with one attached hydrogen (secondary N) is 1. The molecule has 31 heavy (non-hydrogen) atoms. The van der Waals surface area contributed by atoms with E-state index in [0.29, 0.717) is 6.42 Å². The molecule has 1 aromatic rings. The highest BCUT2D eigenvalue weighted by Crippen LogP contribution is 2.43. The molecule has 0 radical (unpaired) electrons. The number of rotatable bonds is 13. The molecule has 12 heteroatoms. The summed E-state index contributed by atoms with van der Waals surface area (Å²) < 4.78 is 16.7. The third-order valence-electron chi connectivity index (χ3n) is 4.47. The zero-order valence-electron chi connectivity index (χ0n) is 17.6. The highest BCUT2D eigenvalue weighted by atomic mass is 31.2. The Morgan fingerprint density at radius 1 is 1.23 bits per heavy atom. The lowest BCUT2D eigenvalue weighted by Gasteiger charge is -2.30. The summed E-state index contributed by atoms with van der Waals surface area (Å²) in [4.78, 5) is 47.2. The van der Waals surface area contributed by atoms with E-state index in [2.05, 4.69) is 9.84 Å². The van der Waals surface area contributed by atoms with Gasteiger partial charge in [0.15, 0.2) is 11.3 Å². The number of carboxylic acids is 1. The Bertz CT molecular complexity index is 821. The molecule has 0 bridgehead atoms. The van der Waals surface area contributed by atoms with Crippen LogP contribution in [0.4, 0.5) is 0 Å². The molecule has 1 rings (SSSR count). The van der Waals surface area contributed by atoms with Crippen molar-refractivity contribution >= 4 is 25.3 Å². The van der Waals surface area contributed by atoms with Gasteiger partial charge in [0.1, 0.15) is 12.3 Å². The van der Waals surface area contributed by atoms with E-state index in [1.807, 2.05) is 0 Å². The van der Waals surface area contributed by atoms with Gasteiger partial charge < -0.3 is 32.5 Å². The molecule has 0 heterocycles. The largest absolute Gasteiger partial charge is 0.480 e. The number of nitrogens with two attached hydrogens (primary N) is 3. The quantitative estimate of drug-likeness (QED) is 0.129. The molecule has 5 atom stereocenters. The average molecular weight is 458 g/mol. The van der Waals surface area contributed by atoms with Crippen molar-refractivity contribution in [1.29, 1.82) is 0 Å². The van der Waals surface area contributed by atoms with Crippen LogP contribution in [0.1, 0.15) is 32.3 Å². The molecule has 0 spiro atoms. The molecule has 0 aromatic heterocycles. The Labute approximate surface area is 180 Å². The van der Waals surface area contributed by atoms with Crippen LogP contribution >= 0.6 is 7.60 Å². The molecule has 174 valence electrons. The topological polar surface area (TPSA) is 208 Å². The minimum atomic E-state index is -4.44. The number of aliphatic carboxylic acids is 1. The summed E-state index contributed by atoms with van der Waals surface area (Å²) >= 11 is 0. The van der Waals surface area contributed by atoms with Crippen molar-refractivity contribution in [3.63, 3.8) is 0 Å². The molecule has 0 fully saturated rings. The van der Waals surface area contributed by atoms with Crippen molar-refractivity contribution < 1.29 is 33.5 Å². The van der Waals surface area contributed by atoms with Gasteiger partial charge >= 0.3 is 13.6 Å². The van der Waals surface area contributed by atoms with Gasteiger partial charge in [0.05, 0.1) is 12.2 Å². The summed E-state index contributed by atoms with van der Waals surface area (Å²) in [6.45, 7) is 2.98. The van der Waals surface area contributed by atoms with Crippen molar-refractivity contribution in [2.45, 2.75) is 57.0 Å². The fraction of sp³-hybridized carbons (Fsp3) is 0.526. The molecule has 11 nitrogen and oxygen atoms in total. The number of benzene rings is 1. The Morgan fingerprint density at radius 2 is 1.81 bits per heavy atom. The second kappa shape index (κ2) is 11.5. The lowest BCUT2D eigenvalue weighted by molar-refractivity contribution is -0.144. The maximum Gasteiger partial charge on any atom is 0.332 e. The van der Waals surface area contributed by atoms with Gasteiger partial charge in [0.25, 0.3) is 0 Å². The average Bonchev–Trinajstić information content (AvgIpc) is 2.66. The Morgan fingerprint density at radius 3 is 2.29 bits per heavy atom. The smallest absolute Gasteiger partial charge is 0.332 e. The van der Waals surface area contributed by atoms with Crippen LogP contribution in [0.2, 0.25) is 0 Å². The van der Waals surface area contributed by atoms with Crippen molar-refractivity contribution in [1.82, 2.24) is 5.32 Å². The predicted octanol–water partition coefficient (Wildman–Crippen LogP) is -0.301. The van der Waals surface area contributed by atoms with E-state index in [-0.39, 0.29) is 12.8 Å². The van der Waals surface area contributed by atoms with E-state index in [4.69, 9.17) is 17.2 Å². The Kier molecular flexibility index (Phi) is 9.95. The standard InChI is InChI=1S/C19H31N4O7P/c1-3-9-19(22,16(24)14(21)10-13-7-5-4-6-8-13)18(27)23-15(17(25)26)11-31(28,29)30-12(2)20/h4-8,12,14-15H,3,9-11,20-22H2,1-2H3,(H,23,27)(H,25,26)(H,28,29)/t12?,14-,15?,19+/m0/s1. The minimum Gasteiger partial charge on any atom is -0.480 e. The number of carbonyl (C=O) groups is 3. The van der Waals surface area contributed by atoms with Gasteiger partial charge in [-0.15, -0.1) is 0 Å². The van der Waals surface area contributed by atoms with Crippen LogP contribution < -0.4 is 22.5 Å². The number of Topliss-reactive ketones (excluding diaryl/α,β-unsaturated/α-hetero) is 1. The third kappa shape index (κ3) is 8.13. The summed E-state index contributed by atoms with van der Waals surface area (Å²) in [7, 11) is -4.44. The third-order valence-corrected chi connectivity index (χ3v) is 5.96. The molecular formula is C19H31N4O7P. The van der Waals surface area contributed by atoms with Gasteiger partial charge in [0.2, 0.25) is 5.91 Å². The van der Waals surface area contributed by atoms with Crippen LogP contribution in [-0.4, -0.2) is 57.7 Å². The number of carboxylic acid groups (broad SMARTS) is 1. The summed E-state index contributed by atoms with van der Waals surface area (Å²) in [5.74, 6) is -3.47. The van der Waals surface area contributed by atoms with Crippen molar-refractivity contribution in [2.75, 3.05) is 6.16 Å². The van der Waals surface area contributed by atoms with Crippen molar-refractivity contribution in [3.8, 4) is 0 Å². The van der Waals surface area contributed by atoms with E-state index in [1.165, 1.54) is 6.92 Å². The molecule has 0 aliphatic rings. The summed E-state index contributed by atoms with van der Waals surface area (Å²) in [6.07, 6.45) is -1.72. The maximum atomic E-state index is 13.0. The molecule has 0 aliphatic heterocycles. The molecular weight excluding hydrogens is 427 g/mol. The molecule has 3 unspecified atom stereocenters. The number of amides is 1. The fourth-order valence-corrected chi connectivity index (χ4v) is 4.36. The normalized spacial score (nSPS) is 18.1. The van der Waals surface area contributed by atoms with E-state index < -0.39 is 55.3 Å². The lowest BCUT2D eigenvalue weighted by Crippen LogP contribution is -2.65. The Hall–Kier alpha value is -2.14. The minimum absolute atomic E-state index is 0.0976. The lowest BCUT2D eigenvalue weighted by atomic mass is 9.83. The van der Waals surface area contributed by atoms with Crippen molar-refractivity contribution in [3.05, 3.63) is 35.9 Å². The van der Waals surface area contributed by atoms with Gasteiger partial charge in [-0.3, -0.25) is 18.7 Å². The molecule has 0 saturated heterocycles. The Balaban J connectivity index is 3.04. The van der Waals surface area contributed by atoms with Crippen LogP contribution in [0, 0.1) is 0 Å². The summed E-state index contributed by atoms with van der Waals surface area (Å²) in [5.41, 5.74) is 16.1. The zero-order chi connectivity index (χ0) is 23.8. The fourth-order valence-electron chi connectivity index (χ4n) is 3.04. The first-order chi connectivity index (χ1) is 14.3. The SMILES string of the molecule is CCC[C@](N)(C(=O)NC(CP(=O)(O)OC(C)N)C(=O)O)C(=O)[C@@H](N)Cc1ccccc1. The predicted molar refractivity (Wildman–Crippen MR) is 114 cm³/mol. The van der Waals surface area contributed by atoms with Gasteiger partial charge in [-0.25, -0.2) is 4.79 Å². The first-order valence-corrected chi connectivity index (χ1v) is 11.5. The highest BCUT2D eigenvalue weighted by molar-refractivity contribution is 7.52. The molecule has 1 aromatic carbocycles. The van der Waals surface area contributed by atoms with Gasteiger partial charge in [0, 0.05) is 0 Å². The number of hydrogen-bond donors (Lipinski definition) is 6. The first-order valence-electron chi connectivity index (χ1n) is 9.74. The van der Waals surface area contributed by atoms with E-state index in [1.54, 1.807) is 37.3 Å². The van der Waals surface area contributed by atoms with Crippen molar-refractivity contribution in [2.24, 2.45) is 17.2 Å². The van der Waals surface area contributed by atoms with E-state index in [9.17, 15) is 28.9 Å². The number of ketones is 1. The molecule has 0 saturated carbocycles. The molecule has 1 amide bonds. The molecule has 0 aliphatic carbocycles. The van der Waals surface area contributed by atoms with Gasteiger partial charge in [-0.05, 0) is 25.3 Å². The van der Waals surface area contributed by atoms with Gasteiger partial charge in [-0.2, -0.15) is 0 Å². The van der Waals surface area contributed by atoms with Crippen LogP contribution in [0.5, 0.6) is 0 Å². The second-order valence-electron chi connectivity index (χ2n) is 7.38. The second-order valence-corrected chi connectivity index (χ2v) is 9.23. The van der Waals surface area contributed by atoms with Crippen LogP contribution in [0.25, 0.3) is 0 Å². The number of carbonyl (C=O) groups excluding carboxylic acids is 2. The van der Waals surface area contributed by atoms with Crippen LogP contribution in [-0.2, 0) is 29.9 Å². The first kappa shape index (κ1) is 26.9. The molecule has 9 N–H and O–H groups in total.